The zero-order valence-corrected chi connectivity index (χ0v) is 13.3. The van der Waals surface area contributed by atoms with Gasteiger partial charge in [-0.1, -0.05) is 6.07 Å². The maximum absolute atomic E-state index is 10.8. The Labute approximate surface area is 138 Å². The fraction of sp³-hybridized carbons (Fsp3) is 0.133. The topological polar surface area (TPSA) is 85.7 Å². The number of nitro groups is 1. The van der Waals surface area contributed by atoms with E-state index in [2.05, 4.69) is 10.6 Å². The highest BCUT2D eigenvalue weighted by Gasteiger charge is 2.12. The Morgan fingerprint density at radius 1 is 1.13 bits per heavy atom. The standard InChI is InChI=1S/C15H15N3O4S/c1-21-12-5-3-4-10(8-12)16-15(23)17-13-7-6-11(18(19)20)9-14(13)22-2/h3-9H,1-2H3,(H2,16,17,23). The van der Waals surface area contributed by atoms with Crippen LogP contribution in [-0.4, -0.2) is 24.3 Å². The lowest BCUT2D eigenvalue weighted by molar-refractivity contribution is -0.384. The van der Waals surface area contributed by atoms with Gasteiger partial charge in [-0.2, -0.15) is 0 Å². The van der Waals surface area contributed by atoms with Crippen molar-refractivity contribution in [2.24, 2.45) is 0 Å². The highest BCUT2D eigenvalue weighted by Crippen LogP contribution is 2.29. The van der Waals surface area contributed by atoms with Gasteiger partial charge in [0, 0.05) is 17.8 Å². The van der Waals surface area contributed by atoms with Gasteiger partial charge >= 0.3 is 0 Å². The third-order valence-electron chi connectivity index (χ3n) is 2.97. The van der Waals surface area contributed by atoms with Crippen LogP contribution in [0.25, 0.3) is 0 Å². The Hall–Kier alpha value is -2.87. The zero-order chi connectivity index (χ0) is 16.8. The quantitative estimate of drug-likeness (QED) is 0.492. The third-order valence-corrected chi connectivity index (χ3v) is 3.18. The molecule has 2 aromatic rings. The van der Waals surface area contributed by atoms with E-state index in [0.29, 0.717) is 22.3 Å². The van der Waals surface area contributed by atoms with Crippen LogP contribution in [0.1, 0.15) is 0 Å². The molecule has 0 aliphatic carbocycles. The highest BCUT2D eigenvalue weighted by molar-refractivity contribution is 7.80. The Kier molecular flexibility index (Phi) is 5.32. The minimum Gasteiger partial charge on any atom is -0.497 e. The monoisotopic (exact) mass is 333 g/mol. The molecule has 8 heteroatoms. The first-order chi connectivity index (χ1) is 11.0. The lowest BCUT2D eigenvalue weighted by atomic mass is 10.2. The van der Waals surface area contributed by atoms with Crippen molar-refractivity contribution in [2.75, 3.05) is 24.9 Å². The number of hydrogen-bond donors (Lipinski definition) is 2. The first-order valence-corrected chi connectivity index (χ1v) is 6.99. The van der Waals surface area contributed by atoms with Crippen LogP contribution < -0.4 is 20.1 Å². The number of anilines is 2. The summed E-state index contributed by atoms with van der Waals surface area (Å²) in [5, 5.41) is 17.1. The van der Waals surface area contributed by atoms with Gasteiger partial charge in [-0.05, 0) is 30.4 Å². The Morgan fingerprint density at radius 3 is 2.57 bits per heavy atom. The summed E-state index contributed by atoms with van der Waals surface area (Å²) in [6, 6.07) is 11.5. The number of rotatable bonds is 5. The molecule has 0 aromatic heterocycles. The molecule has 0 amide bonds. The second kappa shape index (κ2) is 7.41. The molecule has 0 fully saturated rings. The van der Waals surface area contributed by atoms with Crippen LogP contribution in [0, 0.1) is 10.1 Å². The fourth-order valence-electron chi connectivity index (χ4n) is 1.88. The number of benzene rings is 2. The fourth-order valence-corrected chi connectivity index (χ4v) is 2.11. The molecule has 0 unspecified atom stereocenters. The average molecular weight is 333 g/mol. The van der Waals surface area contributed by atoms with Gasteiger partial charge in [-0.3, -0.25) is 10.1 Å². The molecule has 120 valence electrons. The van der Waals surface area contributed by atoms with Crippen molar-refractivity contribution in [2.45, 2.75) is 0 Å². The van der Waals surface area contributed by atoms with Crippen molar-refractivity contribution in [1.82, 2.24) is 0 Å². The molecule has 0 atom stereocenters. The molecule has 2 rings (SSSR count). The molecule has 0 radical (unpaired) electrons. The largest absolute Gasteiger partial charge is 0.497 e. The van der Waals surface area contributed by atoms with Gasteiger partial charge in [0.15, 0.2) is 5.11 Å². The minimum absolute atomic E-state index is 0.0564. The maximum atomic E-state index is 10.8. The van der Waals surface area contributed by atoms with Crippen molar-refractivity contribution < 1.29 is 14.4 Å². The number of thiocarbonyl (C=S) groups is 1. The molecule has 23 heavy (non-hydrogen) atoms. The second-order valence-electron chi connectivity index (χ2n) is 4.45. The highest BCUT2D eigenvalue weighted by atomic mass is 32.1. The zero-order valence-electron chi connectivity index (χ0n) is 12.5. The van der Waals surface area contributed by atoms with Gasteiger partial charge in [-0.25, -0.2) is 0 Å². The Bertz CT molecular complexity index is 736. The van der Waals surface area contributed by atoms with E-state index in [1.807, 2.05) is 18.2 Å². The summed E-state index contributed by atoms with van der Waals surface area (Å²) in [5.41, 5.74) is 1.22. The molecule has 2 aromatic carbocycles. The van der Waals surface area contributed by atoms with Gasteiger partial charge < -0.3 is 20.1 Å². The van der Waals surface area contributed by atoms with Crippen LogP contribution >= 0.6 is 12.2 Å². The molecule has 0 heterocycles. The number of ether oxygens (including phenoxy) is 2. The summed E-state index contributed by atoms with van der Waals surface area (Å²) >= 11 is 5.24. The third kappa shape index (κ3) is 4.30. The summed E-state index contributed by atoms with van der Waals surface area (Å²) in [6.07, 6.45) is 0. The predicted octanol–water partition coefficient (Wildman–Crippen LogP) is 3.42. The SMILES string of the molecule is COc1cccc(NC(=S)Nc2ccc([N+](=O)[O-])cc2OC)c1. The van der Waals surface area contributed by atoms with Crippen LogP contribution in [0.4, 0.5) is 17.1 Å². The van der Waals surface area contributed by atoms with E-state index in [-0.39, 0.29) is 5.69 Å². The molecular formula is C15H15N3O4S. The maximum Gasteiger partial charge on any atom is 0.273 e. The summed E-state index contributed by atoms with van der Waals surface area (Å²) in [4.78, 5) is 10.3. The second-order valence-corrected chi connectivity index (χ2v) is 4.86. The predicted molar refractivity (Wildman–Crippen MR) is 92.5 cm³/mol. The van der Waals surface area contributed by atoms with Crippen molar-refractivity contribution in [3.05, 3.63) is 52.6 Å². The number of methoxy groups -OCH3 is 2. The van der Waals surface area contributed by atoms with E-state index >= 15 is 0 Å². The molecule has 0 spiro atoms. The Morgan fingerprint density at radius 2 is 1.91 bits per heavy atom. The average Bonchev–Trinajstić information content (AvgIpc) is 2.55. The summed E-state index contributed by atoms with van der Waals surface area (Å²) in [7, 11) is 3.01. The van der Waals surface area contributed by atoms with Crippen LogP contribution in [0.5, 0.6) is 11.5 Å². The number of nitrogens with zero attached hydrogens (tertiary/aromatic N) is 1. The molecule has 0 aliphatic heterocycles. The van der Waals surface area contributed by atoms with E-state index < -0.39 is 4.92 Å². The van der Waals surface area contributed by atoms with Gasteiger partial charge in [0.1, 0.15) is 11.5 Å². The van der Waals surface area contributed by atoms with Crippen LogP contribution in [0.15, 0.2) is 42.5 Å². The molecular weight excluding hydrogens is 318 g/mol. The van der Waals surface area contributed by atoms with Crippen LogP contribution in [-0.2, 0) is 0 Å². The number of nitrogens with one attached hydrogen (secondary N) is 2. The van der Waals surface area contributed by atoms with E-state index in [4.69, 9.17) is 21.7 Å². The summed E-state index contributed by atoms with van der Waals surface area (Å²) < 4.78 is 10.3. The van der Waals surface area contributed by atoms with E-state index in [1.165, 1.54) is 25.3 Å². The van der Waals surface area contributed by atoms with Gasteiger partial charge in [0.2, 0.25) is 0 Å². The first-order valence-electron chi connectivity index (χ1n) is 6.58. The van der Waals surface area contributed by atoms with Crippen LogP contribution in [0.2, 0.25) is 0 Å². The number of hydrogen-bond acceptors (Lipinski definition) is 5. The summed E-state index contributed by atoms with van der Waals surface area (Å²) in [6.45, 7) is 0. The van der Waals surface area contributed by atoms with Crippen molar-refractivity contribution >= 4 is 34.4 Å². The Balaban J connectivity index is 2.11. The summed E-state index contributed by atoms with van der Waals surface area (Å²) in [5.74, 6) is 1.03. The van der Waals surface area contributed by atoms with Gasteiger partial charge in [0.25, 0.3) is 5.69 Å². The smallest absolute Gasteiger partial charge is 0.273 e. The molecule has 0 saturated heterocycles. The van der Waals surface area contributed by atoms with E-state index in [1.54, 1.807) is 13.2 Å². The lowest BCUT2D eigenvalue weighted by Gasteiger charge is -2.13. The molecule has 7 nitrogen and oxygen atoms in total. The molecule has 0 bridgehead atoms. The minimum atomic E-state index is -0.487. The number of nitro benzene ring substituents is 1. The van der Waals surface area contributed by atoms with Crippen LogP contribution in [0.3, 0.4) is 0 Å². The van der Waals surface area contributed by atoms with Crippen molar-refractivity contribution in [3.8, 4) is 11.5 Å². The molecule has 0 aliphatic rings. The normalized spacial score (nSPS) is 9.83. The lowest BCUT2D eigenvalue weighted by Crippen LogP contribution is -2.19. The van der Waals surface area contributed by atoms with Crippen molar-refractivity contribution in [3.63, 3.8) is 0 Å². The number of non-ortho nitro benzene ring substituents is 1. The molecule has 2 N–H and O–H groups in total. The first kappa shape index (κ1) is 16.5. The van der Waals surface area contributed by atoms with E-state index in [0.717, 1.165) is 5.69 Å². The molecule has 0 saturated carbocycles. The van der Waals surface area contributed by atoms with Crippen molar-refractivity contribution in [1.29, 1.82) is 0 Å². The van der Waals surface area contributed by atoms with Gasteiger partial charge in [-0.15, -0.1) is 0 Å². The van der Waals surface area contributed by atoms with E-state index in [9.17, 15) is 10.1 Å². The van der Waals surface area contributed by atoms with Gasteiger partial charge in [0.05, 0.1) is 30.9 Å².